The van der Waals surface area contributed by atoms with Crippen molar-refractivity contribution >= 4 is 60.8 Å². The molecule has 0 unspecified atom stereocenters. The molecule has 0 radical (unpaired) electrons. The fourth-order valence-corrected chi connectivity index (χ4v) is 7.99. The van der Waals surface area contributed by atoms with Crippen molar-refractivity contribution in [1.82, 2.24) is 19.5 Å². The van der Waals surface area contributed by atoms with Crippen molar-refractivity contribution in [3.05, 3.63) is 200 Å². The van der Waals surface area contributed by atoms with Crippen LogP contribution in [0.2, 0.25) is 0 Å². The molecular weight excluding hydrogens is 699 g/mol. The Kier molecular flexibility index (Phi) is 7.71. The molecule has 0 fully saturated rings. The van der Waals surface area contributed by atoms with Crippen LogP contribution in [0.15, 0.2) is 205 Å². The summed E-state index contributed by atoms with van der Waals surface area (Å²) < 4.78 is 8.91. The monoisotopic (exact) mass is 731 g/mol. The van der Waals surface area contributed by atoms with Crippen molar-refractivity contribution in [2.75, 3.05) is 4.90 Å². The zero-order valence-electron chi connectivity index (χ0n) is 30.7. The van der Waals surface area contributed by atoms with Crippen molar-refractivity contribution in [2.24, 2.45) is 0 Å². The van der Waals surface area contributed by atoms with E-state index in [0.29, 0.717) is 17.5 Å². The molecule has 6 heteroatoms. The van der Waals surface area contributed by atoms with Crippen molar-refractivity contribution in [2.45, 2.75) is 0 Å². The summed E-state index contributed by atoms with van der Waals surface area (Å²) in [5, 5.41) is 4.53. The minimum atomic E-state index is 0.626. The molecule has 0 saturated heterocycles. The van der Waals surface area contributed by atoms with Gasteiger partial charge in [0.2, 0.25) is 0 Å². The quantitative estimate of drug-likeness (QED) is 0.163. The van der Waals surface area contributed by atoms with E-state index in [2.05, 4.69) is 137 Å². The number of aromatic nitrogens is 4. The first-order chi connectivity index (χ1) is 28.3. The van der Waals surface area contributed by atoms with Crippen molar-refractivity contribution in [3.8, 4) is 39.9 Å². The third-order valence-electron chi connectivity index (χ3n) is 10.6. The first-order valence-electron chi connectivity index (χ1n) is 19.0. The van der Waals surface area contributed by atoms with Crippen LogP contribution in [-0.2, 0) is 0 Å². The third kappa shape index (κ3) is 5.62. The SMILES string of the molecule is c1ccc(-c2nc(-c3ccccc3)nc(-c3ccc(-n4c5ccccc5c5cc(N(c6ccccc6)c6cccc7c6oc6ccccc67)ccc54)cc3)n2)cc1. The number of hydrogen-bond acceptors (Lipinski definition) is 5. The van der Waals surface area contributed by atoms with Crippen molar-refractivity contribution in [3.63, 3.8) is 0 Å². The zero-order valence-corrected chi connectivity index (χ0v) is 30.7. The minimum Gasteiger partial charge on any atom is -0.454 e. The Hall–Kier alpha value is -7.83. The van der Waals surface area contributed by atoms with Gasteiger partial charge in [-0.15, -0.1) is 0 Å². The van der Waals surface area contributed by atoms with E-state index in [0.717, 1.165) is 77.8 Å². The lowest BCUT2D eigenvalue weighted by Crippen LogP contribution is -2.10. The van der Waals surface area contributed by atoms with Gasteiger partial charge in [-0.3, -0.25) is 0 Å². The molecule has 0 amide bonds. The summed E-state index contributed by atoms with van der Waals surface area (Å²) in [5.74, 6) is 1.91. The first kappa shape index (κ1) is 32.6. The van der Waals surface area contributed by atoms with Crippen molar-refractivity contribution < 1.29 is 4.42 Å². The van der Waals surface area contributed by atoms with E-state index in [1.54, 1.807) is 0 Å². The summed E-state index contributed by atoms with van der Waals surface area (Å²) >= 11 is 0. The second kappa shape index (κ2) is 13.5. The van der Waals surface area contributed by atoms with Gasteiger partial charge in [-0.25, -0.2) is 15.0 Å². The largest absolute Gasteiger partial charge is 0.454 e. The van der Waals surface area contributed by atoms with Gasteiger partial charge >= 0.3 is 0 Å². The van der Waals surface area contributed by atoms with Gasteiger partial charge in [0.25, 0.3) is 0 Å². The van der Waals surface area contributed by atoms with Gasteiger partial charge in [-0.05, 0) is 72.8 Å². The fourth-order valence-electron chi connectivity index (χ4n) is 7.99. The highest BCUT2D eigenvalue weighted by molar-refractivity contribution is 6.13. The summed E-state index contributed by atoms with van der Waals surface area (Å²) in [7, 11) is 0. The molecule has 6 nitrogen and oxygen atoms in total. The number of benzene rings is 8. The summed E-state index contributed by atoms with van der Waals surface area (Å²) in [5.41, 5.74) is 10.9. The van der Waals surface area contributed by atoms with E-state index >= 15 is 0 Å². The van der Waals surface area contributed by atoms with E-state index in [9.17, 15) is 0 Å². The Morgan fingerprint density at radius 3 is 1.61 bits per heavy atom. The van der Waals surface area contributed by atoms with Crippen LogP contribution in [0.3, 0.4) is 0 Å². The highest BCUT2D eigenvalue weighted by Crippen LogP contribution is 2.44. The highest BCUT2D eigenvalue weighted by Gasteiger charge is 2.21. The predicted octanol–water partition coefficient (Wildman–Crippen LogP) is 13.3. The molecule has 0 spiro atoms. The van der Waals surface area contributed by atoms with E-state index in [-0.39, 0.29) is 0 Å². The Bertz CT molecular complexity index is 3170. The highest BCUT2D eigenvalue weighted by atomic mass is 16.3. The van der Waals surface area contributed by atoms with Crippen LogP contribution in [0, 0.1) is 0 Å². The van der Waals surface area contributed by atoms with Crippen LogP contribution < -0.4 is 4.90 Å². The fraction of sp³-hybridized carbons (Fsp3) is 0. The van der Waals surface area contributed by atoms with Crippen LogP contribution >= 0.6 is 0 Å². The van der Waals surface area contributed by atoms with Crippen LogP contribution in [0.5, 0.6) is 0 Å². The molecule has 0 aliphatic rings. The lowest BCUT2D eigenvalue weighted by Gasteiger charge is -2.25. The molecule has 11 rings (SSSR count). The summed E-state index contributed by atoms with van der Waals surface area (Å²) in [6.07, 6.45) is 0. The molecular formula is C51H33N5O. The Morgan fingerprint density at radius 1 is 0.386 bits per heavy atom. The molecule has 0 N–H and O–H groups in total. The van der Waals surface area contributed by atoms with E-state index in [1.807, 2.05) is 72.8 Å². The van der Waals surface area contributed by atoms with Crippen molar-refractivity contribution in [1.29, 1.82) is 0 Å². The average molecular weight is 732 g/mol. The maximum Gasteiger partial charge on any atom is 0.164 e. The molecule has 11 aromatic rings. The normalized spacial score (nSPS) is 11.5. The number of para-hydroxylation sites is 4. The summed E-state index contributed by atoms with van der Waals surface area (Å²) in [6.45, 7) is 0. The lowest BCUT2D eigenvalue weighted by atomic mass is 10.1. The molecule has 3 heterocycles. The average Bonchev–Trinajstić information content (AvgIpc) is 3.84. The maximum atomic E-state index is 6.57. The molecule has 0 atom stereocenters. The number of nitrogens with zero attached hydrogens (tertiary/aromatic N) is 5. The summed E-state index contributed by atoms with van der Waals surface area (Å²) in [4.78, 5) is 17.1. The minimum absolute atomic E-state index is 0.626. The standard InChI is InChI=1S/C51H33N5O/c1-4-15-34(16-5-1)49-52-50(35-17-6-2-7-18-35)54-51(53-49)36-27-29-38(30-28-36)56-44-24-12-10-21-40(44)43-33-39(31-32-45(43)56)55(37-19-8-3-9-20-37)46-25-14-23-42-41-22-11-13-26-47(41)57-48(42)46/h1-33H. The van der Waals surface area contributed by atoms with Gasteiger partial charge in [0.05, 0.1) is 16.7 Å². The Morgan fingerprint density at radius 2 is 0.930 bits per heavy atom. The smallest absolute Gasteiger partial charge is 0.164 e. The maximum absolute atomic E-state index is 6.57. The Balaban J connectivity index is 1.04. The van der Waals surface area contributed by atoms with Gasteiger partial charge in [0.1, 0.15) is 5.58 Å². The molecule has 0 bridgehead atoms. The van der Waals surface area contributed by atoms with Gasteiger partial charge in [-0.2, -0.15) is 0 Å². The third-order valence-corrected chi connectivity index (χ3v) is 10.6. The molecule has 268 valence electrons. The van der Waals surface area contributed by atoms with E-state index < -0.39 is 0 Å². The topological polar surface area (TPSA) is 60.0 Å². The van der Waals surface area contributed by atoms with Gasteiger partial charge in [0.15, 0.2) is 23.1 Å². The number of hydrogen-bond donors (Lipinski definition) is 0. The van der Waals surface area contributed by atoms with E-state index in [1.165, 1.54) is 5.39 Å². The van der Waals surface area contributed by atoms with Gasteiger partial charge in [0, 0.05) is 55.3 Å². The molecule has 57 heavy (non-hydrogen) atoms. The predicted molar refractivity (Wildman–Crippen MR) is 232 cm³/mol. The molecule has 3 aromatic heterocycles. The van der Waals surface area contributed by atoms with Gasteiger partial charge < -0.3 is 13.9 Å². The molecule has 0 saturated carbocycles. The van der Waals surface area contributed by atoms with Crippen LogP contribution in [0.1, 0.15) is 0 Å². The zero-order chi connectivity index (χ0) is 37.7. The second-order valence-electron chi connectivity index (χ2n) is 14.1. The lowest BCUT2D eigenvalue weighted by molar-refractivity contribution is 0.669. The number of anilines is 3. The molecule has 8 aromatic carbocycles. The number of rotatable bonds is 7. The van der Waals surface area contributed by atoms with Crippen LogP contribution in [-0.4, -0.2) is 19.5 Å². The van der Waals surface area contributed by atoms with E-state index in [4.69, 9.17) is 19.4 Å². The van der Waals surface area contributed by atoms with Crippen LogP contribution in [0.4, 0.5) is 17.1 Å². The summed E-state index contributed by atoms with van der Waals surface area (Å²) in [6, 6.07) is 69.2. The Labute approximate surface area is 328 Å². The first-order valence-corrected chi connectivity index (χ1v) is 19.0. The molecule has 0 aliphatic carbocycles. The second-order valence-corrected chi connectivity index (χ2v) is 14.1. The van der Waals surface area contributed by atoms with Gasteiger partial charge in [-0.1, -0.05) is 127 Å². The van der Waals surface area contributed by atoms with Crippen LogP contribution in [0.25, 0.3) is 83.6 Å². The molecule has 0 aliphatic heterocycles. The number of furan rings is 1. The number of fused-ring (bicyclic) bond motifs is 6.